The summed E-state index contributed by atoms with van der Waals surface area (Å²) in [5, 5.41) is 14.0. The van der Waals surface area contributed by atoms with Crippen LogP contribution >= 0.6 is 35.0 Å². The van der Waals surface area contributed by atoms with Crippen molar-refractivity contribution in [1.29, 1.82) is 0 Å². The number of aryl methyl sites for hydroxylation is 1. The second-order valence-electron chi connectivity index (χ2n) is 6.46. The van der Waals surface area contributed by atoms with Gasteiger partial charge >= 0.3 is 0 Å². The predicted octanol–water partition coefficient (Wildman–Crippen LogP) is 5.57. The third-order valence-electron chi connectivity index (χ3n) is 4.32. The van der Waals surface area contributed by atoms with E-state index in [0.29, 0.717) is 32.5 Å². The molecule has 0 radical (unpaired) electrons. The van der Waals surface area contributed by atoms with Gasteiger partial charge in [0.1, 0.15) is 5.58 Å². The van der Waals surface area contributed by atoms with Gasteiger partial charge in [-0.25, -0.2) is 0 Å². The van der Waals surface area contributed by atoms with Crippen LogP contribution in [0.15, 0.2) is 52.0 Å². The van der Waals surface area contributed by atoms with E-state index in [2.05, 4.69) is 15.5 Å². The zero-order valence-electron chi connectivity index (χ0n) is 15.6. The van der Waals surface area contributed by atoms with Gasteiger partial charge in [-0.15, -0.1) is 10.2 Å². The highest BCUT2D eigenvalue weighted by atomic mass is 35.5. The van der Waals surface area contributed by atoms with Gasteiger partial charge in [0.15, 0.2) is 16.7 Å². The monoisotopic (exact) mass is 446 g/mol. The Morgan fingerprint density at radius 2 is 2.00 bits per heavy atom. The van der Waals surface area contributed by atoms with Crippen LogP contribution in [0.4, 0.5) is 5.69 Å². The maximum atomic E-state index is 12.3. The molecule has 9 heteroatoms. The van der Waals surface area contributed by atoms with Gasteiger partial charge in [0.2, 0.25) is 5.91 Å². The maximum absolute atomic E-state index is 12.3. The number of rotatable bonds is 5. The molecule has 0 saturated heterocycles. The van der Waals surface area contributed by atoms with Crippen LogP contribution in [0.25, 0.3) is 22.6 Å². The first kappa shape index (κ1) is 19.8. The van der Waals surface area contributed by atoms with E-state index in [0.717, 1.165) is 16.5 Å². The highest BCUT2D eigenvalue weighted by Crippen LogP contribution is 2.30. The van der Waals surface area contributed by atoms with E-state index in [-0.39, 0.29) is 11.7 Å². The molecule has 0 aliphatic heterocycles. The number of halogens is 2. The Bertz CT molecular complexity index is 1220. The summed E-state index contributed by atoms with van der Waals surface area (Å²) in [6.45, 7) is 1.91. The van der Waals surface area contributed by atoms with Gasteiger partial charge in [-0.05, 0) is 48.9 Å². The summed E-state index contributed by atoms with van der Waals surface area (Å²) in [4.78, 5) is 12.3. The lowest BCUT2D eigenvalue weighted by Crippen LogP contribution is -2.14. The molecule has 0 spiro atoms. The van der Waals surface area contributed by atoms with Crippen molar-refractivity contribution < 1.29 is 9.21 Å². The third-order valence-corrected chi connectivity index (χ3v) is 5.98. The van der Waals surface area contributed by atoms with Crippen molar-refractivity contribution in [2.75, 3.05) is 11.1 Å². The van der Waals surface area contributed by atoms with E-state index in [4.69, 9.17) is 27.6 Å². The molecule has 0 bridgehead atoms. The molecule has 0 atom stereocenters. The second-order valence-corrected chi connectivity index (χ2v) is 8.24. The van der Waals surface area contributed by atoms with E-state index >= 15 is 0 Å². The number of hydrogen-bond acceptors (Lipinski definition) is 5. The summed E-state index contributed by atoms with van der Waals surface area (Å²) in [5.41, 5.74) is 2.34. The first-order valence-electron chi connectivity index (χ1n) is 8.68. The fourth-order valence-corrected chi connectivity index (χ4v) is 3.85. The van der Waals surface area contributed by atoms with Gasteiger partial charge in [-0.3, -0.25) is 4.79 Å². The number of carbonyl (C=O) groups excluding carboxylic acids is 1. The minimum Gasteiger partial charge on any atom is -0.453 e. The molecule has 0 unspecified atom stereocenters. The highest BCUT2D eigenvalue weighted by Gasteiger charge is 2.16. The minimum atomic E-state index is -0.155. The summed E-state index contributed by atoms with van der Waals surface area (Å²) < 4.78 is 7.64. The Morgan fingerprint density at radius 3 is 2.79 bits per heavy atom. The average molecular weight is 447 g/mol. The van der Waals surface area contributed by atoms with Gasteiger partial charge in [0, 0.05) is 28.2 Å². The number of carbonyl (C=O) groups is 1. The number of amides is 1. The van der Waals surface area contributed by atoms with E-state index in [1.165, 1.54) is 11.8 Å². The van der Waals surface area contributed by atoms with E-state index in [9.17, 15) is 4.79 Å². The number of aromatic nitrogens is 3. The van der Waals surface area contributed by atoms with Gasteiger partial charge in [0.05, 0.1) is 5.75 Å². The Balaban J connectivity index is 1.45. The zero-order valence-corrected chi connectivity index (χ0v) is 17.9. The van der Waals surface area contributed by atoms with Gasteiger partial charge < -0.3 is 14.3 Å². The van der Waals surface area contributed by atoms with Gasteiger partial charge in [-0.2, -0.15) is 0 Å². The molecule has 148 valence electrons. The fourth-order valence-electron chi connectivity index (χ4n) is 2.78. The Morgan fingerprint density at radius 1 is 1.17 bits per heavy atom. The summed E-state index contributed by atoms with van der Waals surface area (Å²) in [5.74, 6) is 1.19. The van der Waals surface area contributed by atoms with Crippen molar-refractivity contribution in [2.45, 2.75) is 12.1 Å². The number of nitrogens with zero attached hydrogens (tertiary/aromatic N) is 3. The predicted molar refractivity (Wildman–Crippen MR) is 117 cm³/mol. The van der Waals surface area contributed by atoms with Crippen LogP contribution in [-0.2, 0) is 11.8 Å². The molecule has 1 N–H and O–H groups in total. The van der Waals surface area contributed by atoms with E-state index in [1.54, 1.807) is 16.7 Å². The number of fused-ring (bicyclic) bond motifs is 1. The molecule has 0 fully saturated rings. The fraction of sp³-hybridized carbons (Fsp3) is 0.150. The Kier molecular flexibility index (Phi) is 5.54. The third kappa shape index (κ3) is 4.27. The highest BCUT2D eigenvalue weighted by molar-refractivity contribution is 7.99. The van der Waals surface area contributed by atoms with Crippen LogP contribution < -0.4 is 5.32 Å². The summed E-state index contributed by atoms with van der Waals surface area (Å²) in [7, 11) is 1.83. The van der Waals surface area contributed by atoms with Crippen molar-refractivity contribution in [2.24, 2.45) is 7.05 Å². The number of benzene rings is 2. The quantitative estimate of drug-likeness (QED) is 0.405. The van der Waals surface area contributed by atoms with Crippen molar-refractivity contribution in [3.05, 3.63) is 58.1 Å². The topological polar surface area (TPSA) is 73.0 Å². The Hall–Kier alpha value is -2.48. The average Bonchev–Trinajstić information content (AvgIpc) is 3.25. The number of hydrogen-bond donors (Lipinski definition) is 1. The molecule has 0 saturated carbocycles. The number of anilines is 1. The lowest BCUT2D eigenvalue weighted by Gasteiger charge is -2.06. The molecule has 2 aromatic carbocycles. The molecule has 0 aliphatic carbocycles. The molecule has 4 aromatic rings. The van der Waals surface area contributed by atoms with Crippen LogP contribution in [-0.4, -0.2) is 26.4 Å². The standard InChI is InChI=1S/C20H16Cl2N4O2S/c1-11-3-5-14(9-15(11)22)23-18(27)10-29-20-25-24-19(26(20)2)17-8-12-7-13(21)4-6-16(12)28-17/h3-9H,10H2,1-2H3,(H,23,27). The summed E-state index contributed by atoms with van der Waals surface area (Å²) >= 11 is 13.4. The molecule has 29 heavy (non-hydrogen) atoms. The smallest absolute Gasteiger partial charge is 0.234 e. The van der Waals surface area contributed by atoms with Gasteiger partial charge in [-0.1, -0.05) is 41.0 Å². The minimum absolute atomic E-state index is 0.155. The lowest BCUT2D eigenvalue weighted by atomic mass is 10.2. The van der Waals surface area contributed by atoms with E-state index < -0.39 is 0 Å². The SMILES string of the molecule is Cc1ccc(NC(=O)CSc2nnc(-c3cc4cc(Cl)ccc4o3)n2C)cc1Cl. The number of nitrogens with one attached hydrogen (secondary N) is 1. The van der Waals surface area contributed by atoms with E-state index in [1.807, 2.05) is 44.3 Å². The lowest BCUT2D eigenvalue weighted by molar-refractivity contribution is -0.113. The molecule has 2 heterocycles. The first-order chi connectivity index (χ1) is 13.9. The Labute approximate surface area is 181 Å². The number of thioether (sulfide) groups is 1. The zero-order chi connectivity index (χ0) is 20.5. The molecule has 6 nitrogen and oxygen atoms in total. The molecule has 4 rings (SSSR count). The van der Waals surface area contributed by atoms with Crippen molar-refractivity contribution in [3.8, 4) is 11.6 Å². The largest absolute Gasteiger partial charge is 0.453 e. The molecule has 0 aliphatic rings. The normalized spacial score (nSPS) is 11.2. The van der Waals surface area contributed by atoms with Crippen LogP contribution in [0.2, 0.25) is 10.0 Å². The summed E-state index contributed by atoms with van der Waals surface area (Å²) in [6.07, 6.45) is 0. The first-order valence-corrected chi connectivity index (χ1v) is 10.4. The molecular weight excluding hydrogens is 431 g/mol. The molecular formula is C20H16Cl2N4O2S. The van der Waals surface area contributed by atoms with Crippen LogP contribution in [0.5, 0.6) is 0 Å². The van der Waals surface area contributed by atoms with Crippen molar-refractivity contribution >= 4 is 57.5 Å². The second kappa shape index (κ2) is 8.10. The number of furan rings is 1. The van der Waals surface area contributed by atoms with Crippen molar-refractivity contribution in [3.63, 3.8) is 0 Å². The summed E-state index contributed by atoms with van der Waals surface area (Å²) in [6, 6.07) is 12.7. The van der Waals surface area contributed by atoms with Crippen molar-refractivity contribution in [1.82, 2.24) is 14.8 Å². The van der Waals surface area contributed by atoms with Crippen LogP contribution in [0.3, 0.4) is 0 Å². The maximum Gasteiger partial charge on any atom is 0.234 e. The van der Waals surface area contributed by atoms with Gasteiger partial charge in [0.25, 0.3) is 0 Å². The molecule has 2 aromatic heterocycles. The van der Waals surface area contributed by atoms with Crippen LogP contribution in [0.1, 0.15) is 5.56 Å². The van der Waals surface area contributed by atoms with Crippen LogP contribution in [0, 0.1) is 6.92 Å². The molecule has 1 amide bonds.